The van der Waals surface area contributed by atoms with Crippen molar-refractivity contribution in [2.45, 2.75) is 6.92 Å². The van der Waals surface area contributed by atoms with Crippen molar-refractivity contribution in [1.29, 1.82) is 0 Å². The molecule has 172 valence electrons. The molecule has 1 heterocycles. The molecule has 0 unspecified atom stereocenters. The molecule has 1 aromatic heterocycles. The van der Waals surface area contributed by atoms with E-state index < -0.39 is 23.3 Å². The maximum Gasteiger partial charge on any atom is 0.338 e. The van der Waals surface area contributed by atoms with Crippen LogP contribution in [-0.4, -0.2) is 26.8 Å². The molecule has 1 amide bonds. The summed E-state index contributed by atoms with van der Waals surface area (Å²) in [4.78, 5) is 24.3. The summed E-state index contributed by atoms with van der Waals surface area (Å²) < 4.78 is 15.3. The van der Waals surface area contributed by atoms with Crippen molar-refractivity contribution in [2.75, 3.05) is 5.32 Å². The molecule has 2 N–H and O–H groups in total. The molecule has 4 rings (SSSR count). The molecule has 0 saturated heterocycles. The fraction of sp³-hybridized carbons (Fsp3) is 0.0417. The number of hydrogen-bond acceptors (Lipinski definition) is 3. The molecular formula is C24H15Cl3FN3O3. The normalized spacial score (nSPS) is 10.9. The molecular weight excluding hydrogens is 504 g/mol. The van der Waals surface area contributed by atoms with Gasteiger partial charge in [-0.15, -0.1) is 0 Å². The number of hydrogen-bond donors (Lipinski definition) is 2. The minimum atomic E-state index is -1.45. The van der Waals surface area contributed by atoms with Crippen molar-refractivity contribution in [2.24, 2.45) is 0 Å². The summed E-state index contributed by atoms with van der Waals surface area (Å²) in [7, 11) is 0. The Bertz CT molecular complexity index is 1440. The van der Waals surface area contributed by atoms with Crippen molar-refractivity contribution in [3.63, 3.8) is 0 Å². The molecule has 0 aliphatic carbocycles. The van der Waals surface area contributed by atoms with Gasteiger partial charge in [-0.2, -0.15) is 5.10 Å². The van der Waals surface area contributed by atoms with E-state index in [0.717, 1.165) is 17.7 Å². The molecule has 0 fully saturated rings. The van der Waals surface area contributed by atoms with Crippen LogP contribution in [0.5, 0.6) is 0 Å². The van der Waals surface area contributed by atoms with Crippen LogP contribution in [0.4, 0.5) is 10.1 Å². The van der Waals surface area contributed by atoms with Gasteiger partial charge in [-0.3, -0.25) is 4.79 Å². The molecule has 3 aromatic carbocycles. The number of carboxylic acid groups (broad SMARTS) is 1. The number of carboxylic acids is 1. The van der Waals surface area contributed by atoms with E-state index in [1.165, 1.54) is 10.7 Å². The minimum absolute atomic E-state index is 0.0668. The average molecular weight is 519 g/mol. The predicted molar refractivity (Wildman–Crippen MR) is 130 cm³/mol. The standard InChI is InChI=1S/C24H15Cl3FN3O3/c1-12-21(23(32)29-16-7-8-19(28)17(11-16)24(33)34)30-31(20-9-6-15(26)10-18(20)27)22(12)13-2-4-14(25)5-3-13/h2-11H,1H3,(H,29,32)(H,33,34). The number of carbonyl (C=O) groups excluding carboxylic acids is 1. The lowest BCUT2D eigenvalue weighted by atomic mass is 10.1. The van der Waals surface area contributed by atoms with Gasteiger partial charge >= 0.3 is 5.97 Å². The maximum atomic E-state index is 13.7. The number of anilines is 1. The number of nitrogens with one attached hydrogen (secondary N) is 1. The fourth-order valence-corrected chi connectivity index (χ4v) is 4.06. The first-order valence-corrected chi connectivity index (χ1v) is 10.9. The lowest BCUT2D eigenvalue weighted by molar-refractivity contribution is 0.0691. The molecule has 10 heteroatoms. The van der Waals surface area contributed by atoms with Gasteiger partial charge in [0.15, 0.2) is 5.69 Å². The monoisotopic (exact) mass is 517 g/mol. The highest BCUT2D eigenvalue weighted by Crippen LogP contribution is 2.33. The lowest BCUT2D eigenvalue weighted by Gasteiger charge is -2.11. The van der Waals surface area contributed by atoms with Crippen molar-refractivity contribution in [1.82, 2.24) is 9.78 Å². The van der Waals surface area contributed by atoms with Gasteiger partial charge in [0.1, 0.15) is 5.82 Å². The second-order valence-electron chi connectivity index (χ2n) is 7.29. The first-order chi connectivity index (χ1) is 16.2. The van der Waals surface area contributed by atoms with Gasteiger partial charge in [0.05, 0.1) is 22.0 Å². The van der Waals surface area contributed by atoms with Gasteiger partial charge in [-0.1, -0.05) is 46.9 Å². The number of rotatable bonds is 5. The van der Waals surface area contributed by atoms with Gasteiger partial charge in [0, 0.05) is 26.9 Å². The largest absolute Gasteiger partial charge is 0.478 e. The molecule has 0 spiro atoms. The zero-order chi connectivity index (χ0) is 24.6. The van der Waals surface area contributed by atoms with Gasteiger partial charge in [0.25, 0.3) is 5.91 Å². The van der Waals surface area contributed by atoms with E-state index in [9.17, 15) is 14.0 Å². The molecule has 0 bridgehead atoms. The Morgan fingerprint density at radius 1 is 0.971 bits per heavy atom. The van der Waals surface area contributed by atoms with E-state index in [-0.39, 0.29) is 11.4 Å². The Morgan fingerprint density at radius 3 is 2.29 bits per heavy atom. The van der Waals surface area contributed by atoms with E-state index in [1.54, 1.807) is 49.4 Å². The van der Waals surface area contributed by atoms with Crippen molar-refractivity contribution in [3.8, 4) is 16.9 Å². The molecule has 0 aliphatic heterocycles. The lowest BCUT2D eigenvalue weighted by Crippen LogP contribution is -2.15. The smallest absolute Gasteiger partial charge is 0.338 e. The van der Waals surface area contributed by atoms with Crippen molar-refractivity contribution >= 4 is 52.4 Å². The summed E-state index contributed by atoms with van der Waals surface area (Å²) in [5.74, 6) is -2.97. The highest BCUT2D eigenvalue weighted by molar-refractivity contribution is 6.35. The quantitative estimate of drug-likeness (QED) is 0.301. The Balaban J connectivity index is 1.82. The third kappa shape index (κ3) is 4.63. The van der Waals surface area contributed by atoms with Crippen LogP contribution < -0.4 is 5.32 Å². The van der Waals surface area contributed by atoms with Gasteiger partial charge in [-0.05, 0) is 55.5 Å². The summed E-state index contributed by atoms with van der Waals surface area (Å²) in [6.45, 7) is 1.72. The number of aromatic carboxylic acids is 1. The van der Waals surface area contributed by atoms with Crippen LogP contribution in [0.15, 0.2) is 60.7 Å². The number of aromatic nitrogens is 2. The summed E-state index contributed by atoms with van der Waals surface area (Å²) in [5.41, 5.74) is 1.97. The minimum Gasteiger partial charge on any atom is -0.478 e. The van der Waals surface area contributed by atoms with E-state index in [1.807, 2.05) is 0 Å². The summed E-state index contributed by atoms with van der Waals surface area (Å²) in [5, 5.41) is 17.5. The van der Waals surface area contributed by atoms with Gasteiger partial charge < -0.3 is 10.4 Å². The van der Waals surface area contributed by atoms with E-state index in [0.29, 0.717) is 32.0 Å². The molecule has 4 aromatic rings. The van der Waals surface area contributed by atoms with Crippen LogP contribution in [0.2, 0.25) is 15.1 Å². The SMILES string of the molecule is Cc1c(C(=O)Nc2ccc(F)c(C(=O)O)c2)nn(-c2ccc(Cl)cc2Cl)c1-c1ccc(Cl)cc1. The third-order valence-corrected chi connectivity index (χ3v) is 5.84. The van der Waals surface area contributed by atoms with Gasteiger partial charge in [0.2, 0.25) is 0 Å². The zero-order valence-corrected chi connectivity index (χ0v) is 19.7. The highest BCUT2D eigenvalue weighted by Gasteiger charge is 2.24. The Morgan fingerprint density at radius 2 is 1.65 bits per heavy atom. The van der Waals surface area contributed by atoms with Crippen LogP contribution in [0.25, 0.3) is 16.9 Å². The molecule has 6 nitrogen and oxygen atoms in total. The molecule has 0 radical (unpaired) electrons. The Labute approximate surface area is 208 Å². The summed E-state index contributed by atoms with van der Waals surface area (Å²) in [6.07, 6.45) is 0. The topological polar surface area (TPSA) is 84.2 Å². The second kappa shape index (κ2) is 9.46. The first-order valence-electron chi connectivity index (χ1n) is 9.81. The van der Waals surface area contributed by atoms with Crippen LogP contribution >= 0.6 is 34.8 Å². The summed E-state index contributed by atoms with van der Waals surface area (Å²) >= 11 is 18.5. The number of nitrogens with zero attached hydrogens (tertiary/aromatic N) is 2. The molecule has 0 atom stereocenters. The van der Waals surface area contributed by atoms with Crippen LogP contribution in [0.1, 0.15) is 26.4 Å². The number of halogens is 4. The number of benzene rings is 3. The van der Waals surface area contributed by atoms with Gasteiger partial charge in [-0.25, -0.2) is 13.9 Å². The van der Waals surface area contributed by atoms with E-state index in [2.05, 4.69) is 10.4 Å². The highest BCUT2D eigenvalue weighted by atomic mass is 35.5. The summed E-state index contributed by atoms with van der Waals surface area (Å²) in [6, 6.07) is 15.2. The zero-order valence-electron chi connectivity index (χ0n) is 17.4. The van der Waals surface area contributed by atoms with E-state index in [4.69, 9.17) is 39.9 Å². The number of amides is 1. The Kier molecular flexibility index (Phi) is 6.61. The number of carbonyl (C=O) groups is 2. The first kappa shape index (κ1) is 23.8. The molecule has 0 saturated carbocycles. The second-order valence-corrected chi connectivity index (χ2v) is 8.57. The van der Waals surface area contributed by atoms with Crippen LogP contribution in [0, 0.1) is 12.7 Å². The molecule has 34 heavy (non-hydrogen) atoms. The average Bonchev–Trinajstić information content (AvgIpc) is 3.12. The van der Waals surface area contributed by atoms with E-state index >= 15 is 0 Å². The maximum absolute atomic E-state index is 13.7. The molecule has 0 aliphatic rings. The third-order valence-electron chi connectivity index (χ3n) is 5.05. The van der Waals surface area contributed by atoms with Crippen molar-refractivity contribution < 1.29 is 19.1 Å². The Hall–Kier alpha value is -3.39. The fourth-order valence-electron chi connectivity index (χ4n) is 3.44. The van der Waals surface area contributed by atoms with Crippen LogP contribution in [-0.2, 0) is 0 Å². The predicted octanol–water partition coefficient (Wildman–Crippen LogP) is 6.90. The van der Waals surface area contributed by atoms with Crippen molar-refractivity contribution in [3.05, 3.63) is 98.4 Å². The van der Waals surface area contributed by atoms with Crippen LogP contribution in [0.3, 0.4) is 0 Å².